The Kier molecular flexibility index (Phi) is 5.90. The molecular weight excluding hydrogens is 372 g/mol. The Morgan fingerprint density at radius 3 is 2.65 bits per heavy atom. The number of hydrogen-bond acceptors (Lipinski definition) is 6. The quantitative estimate of drug-likeness (QED) is 0.602. The summed E-state index contributed by atoms with van der Waals surface area (Å²) in [6, 6.07) is 7.28. The molecule has 0 saturated heterocycles. The lowest BCUT2D eigenvalue weighted by Crippen LogP contribution is -2.38. The third-order valence-electron chi connectivity index (χ3n) is 4.21. The second-order valence-corrected chi connectivity index (χ2v) is 7.32. The number of para-hydroxylation sites is 1. The first kappa shape index (κ1) is 18.8. The van der Waals surface area contributed by atoms with Gasteiger partial charge in [0.25, 0.3) is 5.91 Å². The maximum absolute atomic E-state index is 13.0. The molecule has 0 N–H and O–H groups in total. The number of carbonyl (C=O) groups excluding carboxylic acids is 1. The van der Waals surface area contributed by atoms with Crippen LogP contribution in [0.2, 0.25) is 5.02 Å². The second kappa shape index (κ2) is 8.16. The van der Waals surface area contributed by atoms with E-state index < -0.39 is 0 Å². The highest BCUT2D eigenvalue weighted by atomic mass is 35.5. The SMILES string of the molecule is CCN(CC)CCN(C(=O)c1cc(C)no1)c1nc2c(Cl)cccc2s1. The number of likely N-dealkylation sites (N-methyl/N-ethyl adjacent to an activating group) is 1. The Morgan fingerprint density at radius 2 is 2.04 bits per heavy atom. The number of aromatic nitrogens is 2. The second-order valence-electron chi connectivity index (χ2n) is 5.90. The number of rotatable bonds is 7. The van der Waals surface area contributed by atoms with Gasteiger partial charge in [-0.3, -0.25) is 9.69 Å². The van der Waals surface area contributed by atoms with E-state index in [1.54, 1.807) is 24.0 Å². The summed E-state index contributed by atoms with van der Waals surface area (Å²) in [4.78, 5) is 21.5. The molecule has 0 fully saturated rings. The average molecular weight is 393 g/mol. The summed E-state index contributed by atoms with van der Waals surface area (Å²) in [7, 11) is 0. The van der Waals surface area contributed by atoms with Gasteiger partial charge in [0.1, 0.15) is 5.52 Å². The highest BCUT2D eigenvalue weighted by Crippen LogP contribution is 2.33. The number of carbonyl (C=O) groups is 1. The molecule has 0 spiro atoms. The molecule has 2 aromatic heterocycles. The van der Waals surface area contributed by atoms with Crippen LogP contribution in [0.25, 0.3) is 10.2 Å². The van der Waals surface area contributed by atoms with Crippen LogP contribution < -0.4 is 4.90 Å². The molecule has 0 aliphatic rings. The number of hydrogen-bond donors (Lipinski definition) is 0. The summed E-state index contributed by atoms with van der Waals surface area (Å²) in [5.74, 6) is -0.0275. The lowest BCUT2D eigenvalue weighted by Gasteiger charge is -2.23. The van der Waals surface area contributed by atoms with E-state index in [-0.39, 0.29) is 11.7 Å². The van der Waals surface area contributed by atoms with Gasteiger partial charge in [-0.25, -0.2) is 4.98 Å². The molecule has 0 bridgehead atoms. The normalized spacial score (nSPS) is 11.4. The third kappa shape index (κ3) is 3.90. The molecule has 0 unspecified atom stereocenters. The molecule has 1 amide bonds. The van der Waals surface area contributed by atoms with Crippen molar-refractivity contribution in [2.24, 2.45) is 0 Å². The van der Waals surface area contributed by atoms with Crippen molar-refractivity contribution in [3.05, 3.63) is 40.7 Å². The van der Waals surface area contributed by atoms with Crippen LogP contribution in [0, 0.1) is 6.92 Å². The third-order valence-corrected chi connectivity index (χ3v) is 5.56. The van der Waals surface area contributed by atoms with Crippen LogP contribution in [0.1, 0.15) is 30.1 Å². The zero-order chi connectivity index (χ0) is 18.7. The number of thiazole rings is 1. The van der Waals surface area contributed by atoms with Crippen molar-refractivity contribution in [1.29, 1.82) is 0 Å². The maximum atomic E-state index is 13.0. The van der Waals surface area contributed by atoms with Gasteiger partial charge in [0.2, 0.25) is 5.76 Å². The fourth-order valence-electron chi connectivity index (χ4n) is 2.68. The molecule has 0 aliphatic carbocycles. The van der Waals surface area contributed by atoms with Crippen molar-refractivity contribution in [3.8, 4) is 0 Å². The zero-order valence-corrected chi connectivity index (χ0v) is 16.6. The van der Waals surface area contributed by atoms with E-state index in [4.69, 9.17) is 16.1 Å². The summed E-state index contributed by atoms with van der Waals surface area (Å²) >= 11 is 7.70. The van der Waals surface area contributed by atoms with Crippen LogP contribution in [0.4, 0.5) is 5.13 Å². The van der Waals surface area contributed by atoms with Crippen molar-refractivity contribution in [2.45, 2.75) is 20.8 Å². The Balaban J connectivity index is 1.95. The number of aryl methyl sites for hydroxylation is 1. The van der Waals surface area contributed by atoms with Gasteiger partial charge >= 0.3 is 0 Å². The summed E-state index contributed by atoms with van der Waals surface area (Å²) in [5, 5.41) is 5.02. The Hall–Kier alpha value is -1.96. The molecular formula is C18H21ClN4O2S. The van der Waals surface area contributed by atoms with Crippen LogP contribution in [0.15, 0.2) is 28.8 Å². The molecule has 3 aromatic rings. The zero-order valence-electron chi connectivity index (χ0n) is 15.0. The van der Waals surface area contributed by atoms with Gasteiger partial charge in [-0.2, -0.15) is 0 Å². The van der Waals surface area contributed by atoms with Crippen molar-refractivity contribution in [2.75, 3.05) is 31.1 Å². The van der Waals surface area contributed by atoms with Crippen LogP contribution >= 0.6 is 22.9 Å². The van der Waals surface area contributed by atoms with E-state index in [2.05, 4.69) is 28.9 Å². The van der Waals surface area contributed by atoms with Crippen LogP contribution in [-0.4, -0.2) is 47.1 Å². The van der Waals surface area contributed by atoms with Crippen LogP contribution in [0.5, 0.6) is 0 Å². The number of amides is 1. The first-order chi connectivity index (χ1) is 12.5. The summed E-state index contributed by atoms with van der Waals surface area (Å²) in [6.45, 7) is 9.10. The minimum Gasteiger partial charge on any atom is -0.351 e. The predicted octanol–water partition coefficient (Wildman–Crippen LogP) is 4.23. The van der Waals surface area contributed by atoms with Gasteiger partial charge in [0.15, 0.2) is 5.13 Å². The minimum atomic E-state index is -0.243. The van der Waals surface area contributed by atoms with E-state index >= 15 is 0 Å². The lowest BCUT2D eigenvalue weighted by molar-refractivity contribution is 0.0948. The fraction of sp³-hybridized carbons (Fsp3) is 0.389. The van der Waals surface area contributed by atoms with E-state index in [0.717, 1.165) is 24.3 Å². The molecule has 138 valence electrons. The first-order valence-corrected chi connectivity index (χ1v) is 9.75. The number of fused-ring (bicyclic) bond motifs is 1. The highest BCUT2D eigenvalue weighted by Gasteiger charge is 2.25. The smallest absolute Gasteiger partial charge is 0.298 e. The van der Waals surface area contributed by atoms with Crippen molar-refractivity contribution in [1.82, 2.24) is 15.0 Å². The molecule has 0 saturated carbocycles. The Bertz CT molecular complexity index is 904. The van der Waals surface area contributed by atoms with Gasteiger partial charge < -0.3 is 9.42 Å². The van der Waals surface area contributed by atoms with E-state index in [1.807, 2.05) is 12.1 Å². The molecule has 0 radical (unpaired) electrons. The summed E-state index contributed by atoms with van der Waals surface area (Å²) in [6.07, 6.45) is 0. The summed E-state index contributed by atoms with van der Waals surface area (Å²) in [5.41, 5.74) is 1.38. The Morgan fingerprint density at radius 1 is 1.27 bits per heavy atom. The molecule has 8 heteroatoms. The van der Waals surface area contributed by atoms with E-state index in [1.165, 1.54) is 11.3 Å². The van der Waals surface area contributed by atoms with Crippen molar-refractivity contribution in [3.63, 3.8) is 0 Å². The van der Waals surface area contributed by atoms with Crippen molar-refractivity contribution >= 4 is 44.2 Å². The summed E-state index contributed by atoms with van der Waals surface area (Å²) < 4.78 is 6.13. The van der Waals surface area contributed by atoms with Gasteiger partial charge in [0.05, 0.1) is 15.4 Å². The van der Waals surface area contributed by atoms with E-state index in [9.17, 15) is 4.79 Å². The average Bonchev–Trinajstić information content (AvgIpc) is 3.25. The van der Waals surface area contributed by atoms with Gasteiger partial charge in [-0.15, -0.1) is 0 Å². The van der Waals surface area contributed by atoms with E-state index in [0.29, 0.717) is 27.9 Å². The lowest BCUT2D eigenvalue weighted by atomic mass is 10.3. The molecule has 2 heterocycles. The van der Waals surface area contributed by atoms with Gasteiger partial charge in [0, 0.05) is 19.2 Å². The number of benzene rings is 1. The minimum absolute atomic E-state index is 0.215. The van der Waals surface area contributed by atoms with Gasteiger partial charge in [-0.1, -0.05) is 48.0 Å². The molecule has 6 nitrogen and oxygen atoms in total. The largest absolute Gasteiger partial charge is 0.351 e. The first-order valence-electron chi connectivity index (χ1n) is 8.56. The molecule has 1 aromatic carbocycles. The van der Waals surface area contributed by atoms with Crippen molar-refractivity contribution < 1.29 is 9.32 Å². The monoisotopic (exact) mass is 392 g/mol. The van der Waals surface area contributed by atoms with Crippen LogP contribution in [-0.2, 0) is 0 Å². The van der Waals surface area contributed by atoms with Gasteiger partial charge in [-0.05, 0) is 32.1 Å². The number of halogens is 1. The standard InChI is InChI=1S/C18H21ClN4O2S/c1-4-22(5-2)9-10-23(17(24)14-11-12(3)21-25-14)18-20-16-13(19)7-6-8-15(16)26-18/h6-8,11H,4-5,9-10H2,1-3H3. The topological polar surface area (TPSA) is 62.5 Å². The molecule has 0 aliphatic heterocycles. The number of nitrogens with zero attached hydrogens (tertiary/aromatic N) is 4. The van der Waals surface area contributed by atoms with Crippen LogP contribution in [0.3, 0.4) is 0 Å². The fourth-order valence-corrected chi connectivity index (χ4v) is 3.97. The highest BCUT2D eigenvalue weighted by molar-refractivity contribution is 7.22. The maximum Gasteiger partial charge on any atom is 0.298 e. The number of anilines is 1. The Labute approximate surface area is 161 Å². The molecule has 3 rings (SSSR count). The molecule has 0 atom stereocenters. The molecule has 26 heavy (non-hydrogen) atoms. The predicted molar refractivity (Wildman–Crippen MR) is 105 cm³/mol.